The van der Waals surface area contributed by atoms with E-state index in [0.29, 0.717) is 38.0 Å². The number of benzene rings is 1. The van der Waals surface area contributed by atoms with Crippen LogP contribution in [-0.2, 0) is 14.8 Å². The van der Waals surface area contributed by atoms with Crippen molar-refractivity contribution in [2.24, 2.45) is 0 Å². The van der Waals surface area contributed by atoms with Gasteiger partial charge in [0.2, 0.25) is 15.9 Å². The van der Waals surface area contributed by atoms with Crippen molar-refractivity contribution in [3.8, 4) is 5.75 Å². The zero-order valence-corrected chi connectivity index (χ0v) is 16.9. The SMILES string of the molecule is COc1ccc(S(=O)(=O)N2CCN(C(C)C(=O)NC3CCCC3)CC2)cc1. The summed E-state index contributed by atoms with van der Waals surface area (Å²) in [4.78, 5) is 14.8. The van der Waals surface area contributed by atoms with Gasteiger partial charge in [0.15, 0.2) is 0 Å². The van der Waals surface area contributed by atoms with Crippen LogP contribution >= 0.6 is 0 Å². The minimum atomic E-state index is -3.52. The van der Waals surface area contributed by atoms with Crippen molar-refractivity contribution in [2.75, 3.05) is 33.3 Å². The topological polar surface area (TPSA) is 79.0 Å². The summed E-state index contributed by atoms with van der Waals surface area (Å²) in [5, 5.41) is 3.13. The number of hydrogen-bond acceptors (Lipinski definition) is 5. The van der Waals surface area contributed by atoms with Crippen molar-refractivity contribution < 1.29 is 17.9 Å². The predicted molar refractivity (Wildman–Crippen MR) is 103 cm³/mol. The molecule has 7 nitrogen and oxygen atoms in total. The van der Waals surface area contributed by atoms with Crippen LogP contribution < -0.4 is 10.1 Å². The first-order valence-electron chi connectivity index (χ1n) is 9.60. The number of methoxy groups -OCH3 is 1. The Morgan fingerprint density at radius 1 is 1.11 bits per heavy atom. The minimum absolute atomic E-state index is 0.0494. The molecular formula is C19H29N3O4S. The number of hydrogen-bond donors (Lipinski definition) is 1. The highest BCUT2D eigenvalue weighted by molar-refractivity contribution is 7.89. The van der Waals surface area contributed by atoms with Crippen LogP contribution in [0.15, 0.2) is 29.2 Å². The van der Waals surface area contributed by atoms with Crippen molar-refractivity contribution in [2.45, 2.75) is 49.6 Å². The summed E-state index contributed by atoms with van der Waals surface area (Å²) in [6.45, 7) is 3.77. The van der Waals surface area contributed by atoms with Gasteiger partial charge in [-0.2, -0.15) is 4.31 Å². The lowest BCUT2D eigenvalue weighted by molar-refractivity contribution is -0.127. The van der Waals surface area contributed by atoms with Crippen molar-refractivity contribution in [1.82, 2.24) is 14.5 Å². The van der Waals surface area contributed by atoms with Gasteiger partial charge in [-0.05, 0) is 44.0 Å². The molecule has 2 fully saturated rings. The van der Waals surface area contributed by atoms with E-state index in [4.69, 9.17) is 4.74 Å². The van der Waals surface area contributed by atoms with Gasteiger partial charge in [0.25, 0.3) is 0 Å². The molecule has 1 N–H and O–H groups in total. The maximum absolute atomic E-state index is 12.8. The molecule has 2 aliphatic rings. The summed E-state index contributed by atoms with van der Waals surface area (Å²) in [7, 11) is -1.98. The second-order valence-electron chi connectivity index (χ2n) is 7.28. The monoisotopic (exact) mass is 395 g/mol. The largest absolute Gasteiger partial charge is 0.497 e. The van der Waals surface area contributed by atoms with E-state index in [-0.39, 0.29) is 16.8 Å². The average Bonchev–Trinajstić information content (AvgIpc) is 3.20. The number of nitrogens with one attached hydrogen (secondary N) is 1. The van der Waals surface area contributed by atoms with Gasteiger partial charge in [0.1, 0.15) is 5.75 Å². The Labute approximate surface area is 161 Å². The Bertz CT molecular complexity index is 737. The van der Waals surface area contributed by atoms with Gasteiger partial charge in [-0.3, -0.25) is 9.69 Å². The number of amides is 1. The van der Waals surface area contributed by atoms with E-state index in [1.807, 2.05) is 6.92 Å². The Morgan fingerprint density at radius 2 is 1.70 bits per heavy atom. The first kappa shape index (κ1) is 20.1. The molecule has 0 bridgehead atoms. The fourth-order valence-electron chi connectivity index (χ4n) is 3.79. The third-order valence-electron chi connectivity index (χ3n) is 5.60. The number of sulfonamides is 1. The molecular weight excluding hydrogens is 366 g/mol. The van der Waals surface area contributed by atoms with E-state index in [2.05, 4.69) is 10.2 Å². The normalized spacial score (nSPS) is 21.1. The first-order chi connectivity index (χ1) is 12.9. The van der Waals surface area contributed by atoms with Gasteiger partial charge < -0.3 is 10.1 Å². The fraction of sp³-hybridized carbons (Fsp3) is 0.632. The molecule has 1 atom stereocenters. The first-order valence-corrected chi connectivity index (χ1v) is 11.0. The van der Waals surface area contributed by atoms with E-state index in [1.165, 1.54) is 17.1 Å². The average molecular weight is 396 g/mol. The van der Waals surface area contributed by atoms with Crippen LogP contribution in [-0.4, -0.2) is 68.9 Å². The van der Waals surface area contributed by atoms with Crippen molar-refractivity contribution in [1.29, 1.82) is 0 Å². The highest BCUT2D eigenvalue weighted by atomic mass is 32.2. The molecule has 1 heterocycles. The van der Waals surface area contributed by atoms with Crippen LogP contribution in [0.5, 0.6) is 5.75 Å². The van der Waals surface area contributed by atoms with E-state index in [9.17, 15) is 13.2 Å². The molecule has 3 rings (SSSR count). The summed E-state index contributed by atoms with van der Waals surface area (Å²) in [6, 6.07) is 6.50. The smallest absolute Gasteiger partial charge is 0.243 e. The molecule has 8 heteroatoms. The molecule has 1 aliphatic carbocycles. The number of piperazine rings is 1. The Hall–Kier alpha value is -1.64. The summed E-state index contributed by atoms with van der Waals surface area (Å²) in [6.07, 6.45) is 4.49. The molecule has 1 unspecified atom stereocenters. The number of carbonyl (C=O) groups excluding carboxylic acids is 1. The molecule has 0 radical (unpaired) electrons. The van der Waals surface area contributed by atoms with Gasteiger partial charge in [0, 0.05) is 32.2 Å². The van der Waals surface area contributed by atoms with E-state index < -0.39 is 10.0 Å². The highest BCUT2D eigenvalue weighted by Crippen LogP contribution is 2.22. The molecule has 1 amide bonds. The molecule has 0 aromatic heterocycles. The second-order valence-corrected chi connectivity index (χ2v) is 9.22. The summed E-state index contributed by atoms with van der Waals surface area (Å²) in [5.41, 5.74) is 0. The third-order valence-corrected chi connectivity index (χ3v) is 7.51. The highest BCUT2D eigenvalue weighted by Gasteiger charge is 2.32. The molecule has 1 aromatic rings. The fourth-order valence-corrected chi connectivity index (χ4v) is 5.21. The van der Waals surface area contributed by atoms with Crippen LogP contribution in [0.25, 0.3) is 0 Å². The van der Waals surface area contributed by atoms with Crippen molar-refractivity contribution >= 4 is 15.9 Å². The van der Waals surface area contributed by atoms with Crippen LogP contribution in [0.2, 0.25) is 0 Å². The Balaban J connectivity index is 1.56. The van der Waals surface area contributed by atoms with Crippen molar-refractivity contribution in [3.63, 3.8) is 0 Å². The van der Waals surface area contributed by atoms with Crippen LogP contribution in [0, 0.1) is 0 Å². The summed E-state index contributed by atoms with van der Waals surface area (Å²) < 4.78 is 32.2. The lowest BCUT2D eigenvalue weighted by Crippen LogP contribution is -2.55. The summed E-state index contributed by atoms with van der Waals surface area (Å²) in [5.74, 6) is 0.675. The maximum Gasteiger partial charge on any atom is 0.243 e. The molecule has 1 aliphatic heterocycles. The minimum Gasteiger partial charge on any atom is -0.497 e. The standard InChI is InChI=1S/C19H29N3O4S/c1-15(19(23)20-16-5-3-4-6-16)21-11-13-22(14-12-21)27(24,25)18-9-7-17(26-2)8-10-18/h7-10,15-16H,3-6,11-14H2,1-2H3,(H,20,23). The number of nitrogens with zero attached hydrogens (tertiary/aromatic N) is 2. The maximum atomic E-state index is 12.8. The third kappa shape index (κ3) is 4.62. The lowest BCUT2D eigenvalue weighted by Gasteiger charge is -2.37. The second kappa shape index (κ2) is 8.58. The molecule has 0 spiro atoms. The van der Waals surface area contributed by atoms with Gasteiger partial charge in [0.05, 0.1) is 18.0 Å². The Kier molecular flexibility index (Phi) is 6.39. The Morgan fingerprint density at radius 3 is 2.26 bits per heavy atom. The number of rotatable bonds is 6. The zero-order valence-electron chi connectivity index (χ0n) is 16.1. The van der Waals surface area contributed by atoms with Gasteiger partial charge in [-0.1, -0.05) is 12.8 Å². The zero-order chi connectivity index (χ0) is 19.4. The van der Waals surface area contributed by atoms with E-state index in [0.717, 1.165) is 12.8 Å². The van der Waals surface area contributed by atoms with Gasteiger partial charge in [-0.15, -0.1) is 0 Å². The molecule has 1 aromatic carbocycles. The van der Waals surface area contributed by atoms with Crippen LogP contribution in [0.1, 0.15) is 32.6 Å². The van der Waals surface area contributed by atoms with E-state index in [1.54, 1.807) is 31.4 Å². The molecule has 1 saturated carbocycles. The van der Waals surface area contributed by atoms with Crippen molar-refractivity contribution in [3.05, 3.63) is 24.3 Å². The lowest BCUT2D eigenvalue weighted by atomic mass is 10.2. The number of carbonyl (C=O) groups is 1. The van der Waals surface area contributed by atoms with Gasteiger partial charge >= 0.3 is 0 Å². The predicted octanol–water partition coefficient (Wildman–Crippen LogP) is 1.45. The molecule has 1 saturated heterocycles. The van der Waals surface area contributed by atoms with Gasteiger partial charge in [-0.25, -0.2) is 8.42 Å². The summed E-state index contributed by atoms with van der Waals surface area (Å²) >= 11 is 0. The van der Waals surface area contributed by atoms with Crippen LogP contribution in [0.3, 0.4) is 0 Å². The van der Waals surface area contributed by atoms with Crippen LogP contribution in [0.4, 0.5) is 0 Å². The molecule has 27 heavy (non-hydrogen) atoms. The quantitative estimate of drug-likeness (QED) is 0.789. The van der Waals surface area contributed by atoms with E-state index >= 15 is 0 Å². The number of ether oxygens (including phenoxy) is 1. The molecule has 150 valence electrons.